The first-order valence-electron chi connectivity index (χ1n) is 7.22. The number of carbonyl (C=O) groups is 3. The van der Waals surface area contributed by atoms with Gasteiger partial charge in [-0.3, -0.25) is 14.5 Å². The molecule has 1 amide bonds. The average molecular weight is 305 g/mol. The molecule has 1 aromatic rings. The molecule has 0 N–H and O–H groups in total. The van der Waals surface area contributed by atoms with E-state index in [2.05, 4.69) is 0 Å². The quantitative estimate of drug-likeness (QED) is 0.614. The first-order chi connectivity index (χ1) is 10.5. The summed E-state index contributed by atoms with van der Waals surface area (Å²) in [5.74, 6) is -0.466. The van der Waals surface area contributed by atoms with Gasteiger partial charge in [-0.15, -0.1) is 0 Å². The van der Waals surface area contributed by atoms with Crippen LogP contribution >= 0.6 is 0 Å². The standard InChI is InChI=1S/C16H19NO5/c1-4-7-21-16(20)10(2)17-13-8-12(11(3)18)5-6-14(13)22-9-15(17)19/h5-6,8,10H,4,7,9H2,1-3H3. The lowest BCUT2D eigenvalue weighted by atomic mass is 10.1. The molecule has 0 spiro atoms. The second kappa shape index (κ2) is 6.60. The van der Waals surface area contributed by atoms with Crippen LogP contribution in [-0.2, 0) is 14.3 Å². The topological polar surface area (TPSA) is 72.9 Å². The van der Waals surface area contributed by atoms with Crippen LogP contribution in [0.5, 0.6) is 5.75 Å². The fourth-order valence-electron chi connectivity index (χ4n) is 2.24. The van der Waals surface area contributed by atoms with Gasteiger partial charge in [0.2, 0.25) is 0 Å². The number of ether oxygens (including phenoxy) is 2. The summed E-state index contributed by atoms with van der Waals surface area (Å²) in [6.07, 6.45) is 0.709. The molecule has 1 atom stereocenters. The Bertz CT molecular complexity index is 611. The highest BCUT2D eigenvalue weighted by atomic mass is 16.5. The summed E-state index contributed by atoms with van der Waals surface area (Å²) in [6, 6.07) is 4.06. The van der Waals surface area contributed by atoms with Crippen molar-refractivity contribution < 1.29 is 23.9 Å². The predicted molar refractivity (Wildman–Crippen MR) is 80.1 cm³/mol. The molecule has 0 aromatic heterocycles. The van der Waals surface area contributed by atoms with Crippen LogP contribution in [0.4, 0.5) is 5.69 Å². The third-order valence-electron chi connectivity index (χ3n) is 3.42. The van der Waals surface area contributed by atoms with E-state index >= 15 is 0 Å². The minimum Gasteiger partial charge on any atom is -0.482 e. The lowest BCUT2D eigenvalue weighted by molar-refractivity contribution is -0.146. The summed E-state index contributed by atoms with van der Waals surface area (Å²) >= 11 is 0. The van der Waals surface area contributed by atoms with Gasteiger partial charge in [0.15, 0.2) is 12.4 Å². The van der Waals surface area contributed by atoms with Crippen LogP contribution in [-0.4, -0.2) is 36.9 Å². The van der Waals surface area contributed by atoms with Crippen LogP contribution in [0.3, 0.4) is 0 Å². The normalized spacial score (nSPS) is 14.9. The first kappa shape index (κ1) is 16.0. The number of hydrogen-bond acceptors (Lipinski definition) is 5. The summed E-state index contributed by atoms with van der Waals surface area (Å²) in [7, 11) is 0. The van der Waals surface area contributed by atoms with Crippen LogP contribution < -0.4 is 9.64 Å². The van der Waals surface area contributed by atoms with Crippen LogP contribution in [0.1, 0.15) is 37.6 Å². The van der Waals surface area contributed by atoms with Crippen molar-refractivity contribution in [2.75, 3.05) is 18.1 Å². The van der Waals surface area contributed by atoms with Crippen molar-refractivity contribution >= 4 is 23.3 Å². The van der Waals surface area contributed by atoms with Crippen LogP contribution in [0.25, 0.3) is 0 Å². The monoisotopic (exact) mass is 305 g/mol. The minimum atomic E-state index is -0.774. The molecule has 6 heteroatoms. The zero-order valence-electron chi connectivity index (χ0n) is 12.9. The van der Waals surface area contributed by atoms with Gasteiger partial charge in [0, 0.05) is 5.56 Å². The number of Topliss-reactive ketones (excluding diaryl/α,β-unsaturated/α-hetero) is 1. The summed E-state index contributed by atoms with van der Waals surface area (Å²) in [6.45, 7) is 5.11. The molecule has 0 fully saturated rings. The molecular weight excluding hydrogens is 286 g/mol. The van der Waals surface area contributed by atoms with E-state index in [-0.39, 0.29) is 18.3 Å². The molecule has 1 heterocycles. The number of ketones is 1. The van der Waals surface area contributed by atoms with Gasteiger partial charge in [-0.05, 0) is 38.5 Å². The maximum atomic E-state index is 12.2. The van der Waals surface area contributed by atoms with Gasteiger partial charge in [0.1, 0.15) is 11.8 Å². The van der Waals surface area contributed by atoms with Crippen molar-refractivity contribution in [2.45, 2.75) is 33.2 Å². The maximum absolute atomic E-state index is 12.2. The number of nitrogens with zero attached hydrogens (tertiary/aromatic N) is 1. The Kier molecular flexibility index (Phi) is 4.80. The van der Waals surface area contributed by atoms with Crippen molar-refractivity contribution in [2.24, 2.45) is 0 Å². The summed E-state index contributed by atoms with van der Waals surface area (Å²) in [4.78, 5) is 37.1. The minimum absolute atomic E-state index is 0.123. The SMILES string of the molecule is CCCOC(=O)C(C)N1C(=O)COc2ccc(C(C)=O)cc21. The lowest BCUT2D eigenvalue weighted by Gasteiger charge is -2.33. The van der Waals surface area contributed by atoms with E-state index in [1.54, 1.807) is 25.1 Å². The molecule has 0 saturated carbocycles. The number of hydrogen-bond donors (Lipinski definition) is 0. The molecule has 1 aromatic carbocycles. The van der Waals surface area contributed by atoms with Gasteiger partial charge in [0.05, 0.1) is 12.3 Å². The van der Waals surface area contributed by atoms with E-state index in [1.807, 2.05) is 6.92 Å². The van der Waals surface area contributed by atoms with Crippen molar-refractivity contribution in [1.29, 1.82) is 0 Å². The van der Waals surface area contributed by atoms with Crippen molar-refractivity contribution in [3.8, 4) is 5.75 Å². The van der Waals surface area contributed by atoms with Gasteiger partial charge in [0.25, 0.3) is 5.91 Å². The zero-order valence-corrected chi connectivity index (χ0v) is 12.9. The average Bonchev–Trinajstić information content (AvgIpc) is 2.51. The fourth-order valence-corrected chi connectivity index (χ4v) is 2.24. The Morgan fingerprint density at radius 3 is 2.77 bits per heavy atom. The molecule has 22 heavy (non-hydrogen) atoms. The summed E-state index contributed by atoms with van der Waals surface area (Å²) < 4.78 is 10.5. The van der Waals surface area contributed by atoms with Gasteiger partial charge < -0.3 is 9.47 Å². The number of benzene rings is 1. The summed E-state index contributed by atoms with van der Waals surface area (Å²) in [5.41, 5.74) is 0.876. The predicted octanol–water partition coefficient (Wildman–Crippen LogP) is 1.96. The number of esters is 1. The molecule has 1 aliphatic heterocycles. The van der Waals surface area contributed by atoms with Crippen LogP contribution in [0, 0.1) is 0 Å². The van der Waals surface area contributed by atoms with Crippen molar-refractivity contribution in [3.05, 3.63) is 23.8 Å². The second-order valence-corrected chi connectivity index (χ2v) is 5.13. The third kappa shape index (κ3) is 3.10. The maximum Gasteiger partial charge on any atom is 0.328 e. The van der Waals surface area contributed by atoms with Crippen molar-refractivity contribution in [3.63, 3.8) is 0 Å². The van der Waals surface area contributed by atoms with Gasteiger partial charge >= 0.3 is 5.97 Å². The molecule has 1 aliphatic rings. The van der Waals surface area contributed by atoms with Gasteiger partial charge in [-0.25, -0.2) is 4.79 Å². The third-order valence-corrected chi connectivity index (χ3v) is 3.42. The highest BCUT2D eigenvalue weighted by Crippen LogP contribution is 2.34. The second-order valence-electron chi connectivity index (χ2n) is 5.13. The van der Waals surface area contributed by atoms with E-state index in [4.69, 9.17) is 9.47 Å². The highest BCUT2D eigenvalue weighted by molar-refractivity contribution is 6.04. The molecule has 0 radical (unpaired) electrons. The molecule has 0 bridgehead atoms. The molecule has 0 saturated heterocycles. The zero-order chi connectivity index (χ0) is 16.3. The Balaban J connectivity index is 2.35. The molecule has 1 unspecified atom stereocenters. The number of amides is 1. The highest BCUT2D eigenvalue weighted by Gasteiger charge is 2.34. The lowest BCUT2D eigenvalue weighted by Crippen LogP contribution is -2.48. The van der Waals surface area contributed by atoms with Crippen LogP contribution in [0.15, 0.2) is 18.2 Å². The summed E-state index contributed by atoms with van der Waals surface area (Å²) in [5, 5.41) is 0. The number of rotatable bonds is 5. The molecule has 0 aliphatic carbocycles. The van der Waals surface area contributed by atoms with Crippen LogP contribution in [0.2, 0.25) is 0 Å². The van der Waals surface area contributed by atoms with E-state index in [9.17, 15) is 14.4 Å². The smallest absolute Gasteiger partial charge is 0.328 e. The molecule has 118 valence electrons. The fraction of sp³-hybridized carbons (Fsp3) is 0.438. The first-order valence-corrected chi connectivity index (χ1v) is 7.22. The van der Waals surface area contributed by atoms with E-state index in [0.717, 1.165) is 0 Å². The van der Waals surface area contributed by atoms with E-state index in [0.29, 0.717) is 30.0 Å². The Labute approximate surface area is 129 Å². The number of fused-ring (bicyclic) bond motifs is 1. The van der Waals surface area contributed by atoms with E-state index in [1.165, 1.54) is 11.8 Å². The molecule has 2 rings (SSSR count). The number of carbonyl (C=O) groups excluding carboxylic acids is 3. The Hall–Kier alpha value is -2.37. The van der Waals surface area contributed by atoms with E-state index < -0.39 is 12.0 Å². The Morgan fingerprint density at radius 1 is 1.41 bits per heavy atom. The largest absolute Gasteiger partial charge is 0.482 e. The van der Waals surface area contributed by atoms with Gasteiger partial charge in [-0.2, -0.15) is 0 Å². The Morgan fingerprint density at radius 2 is 2.14 bits per heavy atom. The van der Waals surface area contributed by atoms with Crippen molar-refractivity contribution in [1.82, 2.24) is 0 Å². The van der Waals surface area contributed by atoms with Gasteiger partial charge in [-0.1, -0.05) is 6.92 Å². The number of anilines is 1. The molecular formula is C16H19NO5. The molecule has 6 nitrogen and oxygen atoms in total.